The maximum Gasteiger partial charge on any atom is 0.339 e. The lowest BCUT2D eigenvalue weighted by molar-refractivity contribution is 0.477. The van der Waals surface area contributed by atoms with Crippen molar-refractivity contribution in [2.24, 2.45) is 0 Å². The summed E-state index contributed by atoms with van der Waals surface area (Å²) in [6.07, 6.45) is 0. The van der Waals surface area contributed by atoms with E-state index < -0.39 is 25.1 Å². The lowest BCUT2D eigenvalue weighted by Crippen LogP contribution is -2.11. The number of hydrogen-bond donors (Lipinski definition) is 2. The molecule has 0 atom stereocenters. The molecule has 0 radical (unpaired) electrons. The summed E-state index contributed by atoms with van der Waals surface area (Å²) in [7, 11) is -7.06. The van der Waals surface area contributed by atoms with Crippen LogP contribution in [0.5, 0.6) is 5.75 Å². The van der Waals surface area contributed by atoms with Crippen molar-refractivity contribution in [2.45, 2.75) is 16.7 Å². The Hall–Kier alpha value is -2.62. The first-order valence-electron chi connectivity index (χ1n) is 7.84. The second-order valence-electron chi connectivity index (χ2n) is 5.93. The molecule has 0 bridgehead atoms. The van der Waals surface area contributed by atoms with Gasteiger partial charge in [0, 0.05) is 24.2 Å². The molecule has 0 amide bonds. The van der Waals surface area contributed by atoms with Crippen molar-refractivity contribution in [2.75, 3.05) is 12.4 Å². The van der Waals surface area contributed by atoms with Crippen LogP contribution in [0.3, 0.4) is 0 Å². The quantitative estimate of drug-likeness (QED) is 0.494. The molecule has 7 nitrogen and oxygen atoms in total. The minimum Gasteiger partial charge on any atom is -0.388 e. The summed E-state index contributed by atoms with van der Waals surface area (Å²) in [5.41, 5.74) is 1.56. The molecule has 0 fully saturated rings. The number of hydrogen-bond acceptors (Lipinski definition) is 6. The fourth-order valence-corrected chi connectivity index (χ4v) is 4.01. The number of aryl methyl sites for hydroxylation is 1. The van der Waals surface area contributed by atoms with Gasteiger partial charge in [-0.05, 0) is 42.6 Å². The van der Waals surface area contributed by atoms with Gasteiger partial charge in [0.15, 0.2) is 5.75 Å². The third-order valence-electron chi connectivity index (χ3n) is 3.99. The van der Waals surface area contributed by atoms with Crippen LogP contribution in [-0.2, 0) is 20.2 Å². The van der Waals surface area contributed by atoms with Crippen LogP contribution in [0.1, 0.15) is 5.56 Å². The van der Waals surface area contributed by atoms with Gasteiger partial charge in [-0.25, -0.2) is 0 Å². The van der Waals surface area contributed by atoms with E-state index in [1.54, 1.807) is 37.4 Å². The molecule has 0 heterocycles. The summed E-state index contributed by atoms with van der Waals surface area (Å²) >= 11 is 0. The van der Waals surface area contributed by atoms with Gasteiger partial charge in [0.2, 0.25) is 0 Å². The zero-order chi connectivity index (χ0) is 19.8. The van der Waals surface area contributed by atoms with Crippen molar-refractivity contribution in [3.05, 3.63) is 60.2 Å². The van der Waals surface area contributed by atoms with Gasteiger partial charge >= 0.3 is 10.1 Å². The Morgan fingerprint density at radius 3 is 2.15 bits per heavy atom. The maximum atomic E-state index is 12.6. The monoisotopic (exact) mass is 407 g/mol. The van der Waals surface area contributed by atoms with Crippen LogP contribution in [0.2, 0.25) is 0 Å². The van der Waals surface area contributed by atoms with Crippen molar-refractivity contribution in [1.82, 2.24) is 0 Å². The highest BCUT2D eigenvalue weighted by Gasteiger charge is 2.21. The van der Waals surface area contributed by atoms with Crippen molar-refractivity contribution in [1.29, 1.82) is 0 Å². The van der Waals surface area contributed by atoms with Gasteiger partial charge in [-0.1, -0.05) is 23.8 Å². The van der Waals surface area contributed by atoms with Crippen LogP contribution < -0.4 is 9.50 Å². The molecule has 27 heavy (non-hydrogen) atoms. The smallest absolute Gasteiger partial charge is 0.339 e. The number of rotatable bonds is 5. The Morgan fingerprint density at radius 1 is 0.889 bits per heavy atom. The molecule has 142 valence electrons. The molecule has 3 aromatic rings. The molecule has 0 spiro atoms. The molecular weight excluding hydrogens is 390 g/mol. The lowest BCUT2D eigenvalue weighted by Gasteiger charge is -2.12. The van der Waals surface area contributed by atoms with Gasteiger partial charge in [-0.3, -0.25) is 4.55 Å². The van der Waals surface area contributed by atoms with Gasteiger partial charge in [0.05, 0.1) is 4.90 Å². The highest BCUT2D eigenvalue weighted by atomic mass is 32.2. The summed E-state index contributed by atoms with van der Waals surface area (Å²) < 4.78 is 63.0. The Kier molecular flexibility index (Phi) is 4.85. The largest absolute Gasteiger partial charge is 0.388 e. The molecule has 0 aliphatic heterocycles. The van der Waals surface area contributed by atoms with Crippen LogP contribution in [0.4, 0.5) is 5.69 Å². The van der Waals surface area contributed by atoms with E-state index in [0.29, 0.717) is 16.5 Å². The van der Waals surface area contributed by atoms with E-state index in [1.807, 2.05) is 6.92 Å². The van der Waals surface area contributed by atoms with Crippen molar-refractivity contribution in [3.63, 3.8) is 0 Å². The van der Waals surface area contributed by atoms with E-state index in [2.05, 4.69) is 5.32 Å². The molecule has 9 heteroatoms. The summed E-state index contributed by atoms with van der Waals surface area (Å²) in [5, 5.41) is 3.70. The Labute approximate surface area is 157 Å². The first-order valence-corrected chi connectivity index (χ1v) is 10.7. The van der Waals surface area contributed by atoms with E-state index in [1.165, 1.54) is 18.2 Å². The first kappa shape index (κ1) is 19.2. The number of anilines is 1. The fraction of sp³-hybridized carbons (Fsp3) is 0.111. The molecule has 3 rings (SSSR count). The van der Waals surface area contributed by atoms with Crippen LogP contribution >= 0.6 is 0 Å². The second-order valence-corrected chi connectivity index (χ2v) is 8.90. The zero-order valence-corrected chi connectivity index (χ0v) is 16.1. The van der Waals surface area contributed by atoms with Gasteiger partial charge < -0.3 is 9.50 Å². The van der Waals surface area contributed by atoms with Crippen LogP contribution in [0.15, 0.2) is 64.4 Å². The first-order chi connectivity index (χ1) is 12.6. The highest BCUT2D eigenvalue weighted by molar-refractivity contribution is 7.87. The van der Waals surface area contributed by atoms with E-state index >= 15 is 0 Å². The molecule has 0 aliphatic rings. The van der Waals surface area contributed by atoms with E-state index in [9.17, 15) is 21.4 Å². The maximum absolute atomic E-state index is 12.6. The van der Waals surface area contributed by atoms with Gasteiger partial charge in [-0.2, -0.15) is 16.8 Å². The standard InChI is InChI=1S/C18H17NO6S2/c1-12-3-7-15(8-4-12)27(23,24)25-18-11-16(26(20,21)22)9-13-5-6-14(19-2)10-17(13)18/h3-11,19H,1-2H3,(H,20,21,22). The van der Waals surface area contributed by atoms with Crippen LogP contribution in [0.25, 0.3) is 10.8 Å². The SMILES string of the molecule is CNc1ccc2cc(S(=O)(=O)O)cc(OS(=O)(=O)c3ccc(C)cc3)c2c1. The van der Waals surface area contributed by atoms with Gasteiger partial charge in [0.25, 0.3) is 10.1 Å². The molecule has 0 saturated heterocycles. The van der Waals surface area contributed by atoms with Crippen molar-refractivity contribution in [3.8, 4) is 5.75 Å². The average molecular weight is 407 g/mol. The minimum absolute atomic E-state index is 0.0664. The summed E-state index contributed by atoms with van der Waals surface area (Å²) in [5.74, 6) is -0.196. The summed E-state index contributed by atoms with van der Waals surface area (Å²) in [4.78, 5) is -0.524. The molecule has 0 aromatic heterocycles. The highest BCUT2D eigenvalue weighted by Crippen LogP contribution is 2.33. The second kappa shape index (κ2) is 6.84. The normalized spacial score (nSPS) is 12.1. The number of fused-ring (bicyclic) bond motifs is 1. The Bertz CT molecular complexity index is 1220. The summed E-state index contributed by atoms with van der Waals surface area (Å²) in [6, 6.07) is 13.2. The predicted octanol–water partition coefficient (Wildman–Crippen LogP) is 3.20. The molecule has 3 aromatic carbocycles. The minimum atomic E-state index is -4.55. The van der Waals surface area contributed by atoms with E-state index in [4.69, 9.17) is 4.18 Å². The molecular formula is C18H17NO6S2. The third kappa shape index (κ3) is 4.05. The van der Waals surface area contributed by atoms with Crippen LogP contribution in [-0.4, -0.2) is 28.4 Å². The Morgan fingerprint density at radius 2 is 1.56 bits per heavy atom. The fourth-order valence-electron chi connectivity index (χ4n) is 2.54. The van der Waals surface area contributed by atoms with E-state index in [0.717, 1.165) is 11.6 Å². The molecule has 0 saturated carbocycles. The molecule has 0 aliphatic carbocycles. The number of benzene rings is 3. The summed E-state index contributed by atoms with van der Waals surface area (Å²) in [6.45, 7) is 1.82. The van der Waals surface area contributed by atoms with Crippen LogP contribution in [0, 0.1) is 6.92 Å². The van der Waals surface area contributed by atoms with Gasteiger partial charge in [0.1, 0.15) is 4.90 Å². The number of nitrogens with one attached hydrogen (secondary N) is 1. The van der Waals surface area contributed by atoms with Crippen molar-refractivity contribution >= 4 is 36.7 Å². The Balaban J connectivity index is 2.20. The average Bonchev–Trinajstić information content (AvgIpc) is 2.60. The third-order valence-corrected chi connectivity index (χ3v) is 6.07. The zero-order valence-electron chi connectivity index (χ0n) is 14.5. The van der Waals surface area contributed by atoms with E-state index in [-0.39, 0.29) is 10.6 Å². The topological polar surface area (TPSA) is 110 Å². The molecule has 2 N–H and O–H groups in total. The molecule has 0 unspecified atom stereocenters. The lowest BCUT2D eigenvalue weighted by atomic mass is 10.1. The van der Waals surface area contributed by atoms with Crippen molar-refractivity contribution < 1.29 is 25.6 Å². The van der Waals surface area contributed by atoms with Gasteiger partial charge in [-0.15, -0.1) is 0 Å². The predicted molar refractivity (Wildman–Crippen MR) is 102 cm³/mol.